The summed E-state index contributed by atoms with van der Waals surface area (Å²) >= 11 is 0. The summed E-state index contributed by atoms with van der Waals surface area (Å²) in [5.41, 5.74) is 2.28. The van der Waals surface area contributed by atoms with Gasteiger partial charge in [0.1, 0.15) is 25.0 Å². The summed E-state index contributed by atoms with van der Waals surface area (Å²) in [6, 6.07) is 22.4. The summed E-state index contributed by atoms with van der Waals surface area (Å²) in [5, 5.41) is 12.8. The van der Waals surface area contributed by atoms with Gasteiger partial charge < -0.3 is 9.84 Å². The van der Waals surface area contributed by atoms with E-state index in [1.54, 1.807) is 0 Å². The Labute approximate surface area is 152 Å². The Balaban J connectivity index is 1.49. The largest absolute Gasteiger partial charge is 0.491 e. The van der Waals surface area contributed by atoms with Crippen LogP contribution in [0.3, 0.4) is 0 Å². The third-order valence-corrected chi connectivity index (χ3v) is 4.97. The molecule has 4 rings (SSSR count). The first-order chi connectivity index (χ1) is 12.6. The van der Waals surface area contributed by atoms with Gasteiger partial charge in [-0.25, -0.2) is 9.13 Å². The first-order valence-electron chi connectivity index (χ1n) is 8.87. The van der Waals surface area contributed by atoms with Crippen molar-refractivity contribution in [2.24, 2.45) is 7.05 Å². The van der Waals surface area contributed by atoms with Crippen LogP contribution in [-0.4, -0.2) is 22.4 Å². The molecule has 0 aliphatic rings. The normalized spacial score (nSPS) is 12.6. The number of ether oxygens (including phenoxy) is 1. The predicted octanol–water partition coefficient (Wildman–Crippen LogP) is 3.37. The van der Waals surface area contributed by atoms with E-state index in [1.165, 1.54) is 5.39 Å². The Morgan fingerprint density at radius 3 is 2.58 bits per heavy atom. The first-order valence-corrected chi connectivity index (χ1v) is 8.87. The van der Waals surface area contributed by atoms with Crippen molar-refractivity contribution in [2.75, 3.05) is 6.61 Å². The van der Waals surface area contributed by atoms with Gasteiger partial charge in [0, 0.05) is 6.92 Å². The van der Waals surface area contributed by atoms with E-state index in [9.17, 15) is 5.11 Å². The Morgan fingerprint density at radius 2 is 1.73 bits per heavy atom. The number of hydrogen-bond acceptors (Lipinski definition) is 2. The maximum absolute atomic E-state index is 10.5. The standard InChI is InChI=1S/C22H23N2O2/c1-16-23(2)21-9-5-6-10-22(21)24(16)14-19(25)15-26-20-12-11-17-7-3-4-8-18(17)13-20/h3-13,19,25H,14-15H2,1-2H3/q+1/t19-/m1/s1. The zero-order chi connectivity index (χ0) is 18.1. The monoisotopic (exact) mass is 347 g/mol. The molecule has 4 nitrogen and oxygen atoms in total. The minimum Gasteiger partial charge on any atom is -0.491 e. The van der Waals surface area contributed by atoms with Crippen LogP contribution < -0.4 is 9.30 Å². The molecule has 0 saturated heterocycles. The predicted molar refractivity (Wildman–Crippen MR) is 103 cm³/mol. The van der Waals surface area contributed by atoms with Gasteiger partial charge in [0.05, 0.1) is 7.05 Å². The molecule has 0 unspecified atom stereocenters. The molecule has 1 N–H and O–H groups in total. The lowest BCUT2D eigenvalue weighted by atomic mass is 10.1. The molecule has 132 valence electrons. The van der Waals surface area contributed by atoms with Gasteiger partial charge in [0.15, 0.2) is 11.0 Å². The van der Waals surface area contributed by atoms with E-state index >= 15 is 0 Å². The number of aryl methyl sites for hydroxylation is 1. The highest BCUT2D eigenvalue weighted by molar-refractivity contribution is 5.83. The molecular formula is C22H23N2O2+. The van der Waals surface area contributed by atoms with Crippen molar-refractivity contribution in [2.45, 2.75) is 19.6 Å². The van der Waals surface area contributed by atoms with Crippen LogP contribution in [0.1, 0.15) is 5.82 Å². The minimum absolute atomic E-state index is 0.258. The third-order valence-electron chi connectivity index (χ3n) is 4.97. The van der Waals surface area contributed by atoms with Crippen molar-refractivity contribution in [3.63, 3.8) is 0 Å². The van der Waals surface area contributed by atoms with Crippen molar-refractivity contribution in [1.82, 2.24) is 4.57 Å². The molecule has 1 atom stereocenters. The highest BCUT2D eigenvalue weighted by atomic mass is 16.5. The lowest BCUT2D eigenvalue weighted by Crippen LogP contribution is -2.32. The van der Waals surface area contributed by atoms with Gasteiger partial charge in [0.2, 0.25) is 0 Å². The van der Waals surface area contributed by atoms with E-state index in [0.29, 0.717) is 6.54 Å². The molecule has 0 aliphatic heterocycles. The fraction of sp³-hybridized carbons (Fsp3) is 0.227. The van der Waals surface area contributed by atoms with Gasteiger partial charge in [-0.3, -0.25) is 0 Å². The molecule has 0 spiro atoms. The number of aliphatic hydroxyl groups is 1. The van der Waals surface area contributed by atoms with Gasteiger partial charge in [-0.2, -0.15) is 0 Å². The molecule has 3 aromatic carbocycles. The van der Waals surface area contributed by atoms with Gasteiger partial charge in [-0.05, 0) is 35.0 Å². The molecule has 4 heteroatoms. The van der Waals surface area contributed by atoms with Gasteiger partial charge in [-0.15, -0.1) is 0 Å². The number of nitrogens with zero attached hydrogens (tertiary/aromatic N) is 2. The zero-order valence-corrected chi connectivity index (χ0v) is 15.1. The average Bonchev–Trinajstić information content (AvgIpc) is 2.91. The molecule has 0 saturated carbocycles. The Hall–Kier alpha value is -2.85. The third kappa shape index (κ3) is 3.04. The van der Waals surface area contributed by atoms with Crippen molar-refractivity contribution >= 4 is 21.8 Å². The summed E-state index contributed by atoms with van der Waals surface area (Å²) in [6.45, 7) is 2.83. The van der Waals surface area contributed by atoms with Crippen LogP contribution in [0.15, 0.2) is 66.7 Å². The quantitative estimate of drug-likeness (QED) is 0.562. The molecule has 1 heterocycles. The van der Waals surface area contributed by atoms with E-state index < -0.39 is 6.10 Å². The number of para-hydroxylation sites is 2. The average molecular weight is 347 g/mol. The van der Waals surface area contributed by atoms with Gasteiger partial charge in [-0.1, -0.05) is 42.5 Å². The highest BCUT2D eigenvalue weighted by Gasteiger charge is 2.21. The summed E-state index contributed by atoms with van der Waals surface area (Å²) < 4.78 is 10.1. The lowest BCUT2D eigenvalue weighted by molar-refractivity contribution is -0.652. The van der Waals surface area contributed by atoms with E-state index in [0.717, 1.165) is 28.0 Å². The van der Waals surface area contributed by atoms with Crippen LogP contribution in [0, 0.1) is 6.92 Å². The molecule has 0 bridgehead atoms. The van der Waals surface area contributed by atoms with Crippen molar-refractivity contribution < 1.29 is 14.4 Å². The van der Waals surface area contributed by atoms with Crippen LogP contribution in [0.25, 0.3) is 21.8 Å². The second kappa shape index (κ2) is 6.81. The van der Waals surface area contributed by atoms with Crippen molar-refractivity contribution in [3.8, 4) is 5.75 Å². The number of benzene rings is 3. The molecule has 1 aromatic heterocycles. The smallest absolute Gasteiger partial charge is 0.254 e. The minimum atomic E-state index is -0.587. The molecule has 4 aromatic rings. The Kier molecular flexibility index (Phi) is 4.35. The van der Waals surface area contributed by atoms with Crippen LogP contribution in [0.4, 0.5) is 0 Å². The highest BCUT2D eigenvalue weighted by Crippen LogP contribution is 2.21. The van der Waals surface area contributed by atoms with Crippen LogP contribution in [0.5, 0.6) is 5.75 Å². The topological polar surface area (TPSA) is 38.3 Å². The fourth-order valence-electron chi connectivity index (χ4n) is 3.45. The van der Waals surface area contributed by atoms with E-state index in [2.05, 4.69) is 40.3 Å². The van der Waals surface area contributed by atoms with E-state index in [4.69, 9.17) is 4.74 Å². The van der Waals surface area contributed by atoms with Crippen LogP contribution in [0.2, 0.25) is 0 Å². The summed E-state index contributed by atoms with van der Waals surface area (Å²) in [6.07, 6.45) is -0.587. The molecule has 0 amide bonds. The van der Waals surface area contributed by atoms with Crippen LogP contribution in [-0.2, 0) is 13.6 Å². The van der Waals surface area contributed by atoms with Gasteiger partial charge >= 0.3 is 0 Å². The molecule has 0 radical (unpaired) electrons. The van der Waals surface area contributed by atoms with Crippen LogP contribution >= 0.6 is 0 Å². The maximum Gasteiger partial charge on any atom is 0.254 e. The molecule has 0 aliphatic carbocycles. The number of aliphatic hydroxyl groups excluding tert-OH is 1. The number of aromatic nitrogens is 2. The zero-order valence-electron chi connectivity index (χ0n) is 15.1. The second-order valence-corrected chi connectivity index (χ2v) is 6.68. The van der Waals surface area contributed by atoms with Crippen molar-refractivity contribution in [1.29, 1.82) is 0 Å². The first kappa shape index (κ1) is 16.6. The number of hydrogen-bond donors (Lipinski definition) is 1. The van der Waals surface area contributed by atoms with Gasteiger partial charge in [0.25, 0.3) is 5.82 Å². The van der Waals surface area contributed by atoms with Crippen molar-refractivity contribution in [3.05, 3.63) is 72.6 Å². The number of imidazole rings is 1. The summed E-state index contributed by atoms with van der Waals surface area (Å²) in [7, 11) is 2.05. The van der Waals surface area contributed by atoms with E-state index in [-0.39, 0.29) is 6.61 Å². The molecular weight excluding hydrogens is 324 g/mol. The van der Waals surface area contributed by atoms with E-state index in [1.807, 2.05) is 49.5 Å². The summed E-state index contributed by atoms with van der Waals surface area (Å²) in [4.78, 5) is 0. The number of fused-ring (bicyclic) bond motifs is 2. The summed E-state index contributed by atoms with van der Waals surface area (Å²) in [5.74, 6) is 1.89. The molecule has 26 heavy (non-hydrogen) atoms. The Bertz CT molecular complexity index is 1070. The lowest BCUT2D eigenvalue weighted by Gasteiger charge is -2.12. The second-order valence-electron chi connectivity index (χ2n) is 6.68. The fourth-order valence-corrected chi connectivity index (χ4v) is 3.45. The Morgan fingerprint density at radius 1 is 1.00 bits per heavy atom. The SMILES string of the molecule is Cc1n(C[C@@H](O)COc2ccc3ccccc3c2)c2ccccc2[n+]1C. The molecule has 0 fully saturated rings. The number of rotatable bonds is 5. The maximum atomic E-state index is 10.5.